The lowest BCUT2D eigenvalue weighted by atomic mass is 10.2. The van der Waals surface area contributed by atoms with Crippen LogP contribution in [0.1, 0.15) is 31.7 Å². The van der Waals surface area contributed by atoms with E-state index in [9.17, 15) is 4.39 Å². The zero-order valence-corrected chi connectivity index (χ0v) is 11.8. The van der Waals surface area contributed by atoms with Crippen molar-refractivity contribution < 1.29 is 4.39 Å². The van der Waals surface area contributed by atoms with Gasteiger partial charge in [-0.2, -0.15) is 0 Å². The molecule has 0 fully saturated rings. The number of benzene rings is 1. The molecule has 2 N–H and O–H groups in total. The minimum atomic E-state index is -0.176. The normalized spacial score (nSPS) is 10.8. The van der Waals surface area contributed by atoms with Crippen molar-refractivity contribution >= 4 is 27.7 Å². The predicted molar refractivity (Wildman–Crippen MR) is 72.2 cm³/mol. The number of nitrogens with two attached hydrogens (primary N) is 1. The predicted octanol–water partition coefficient (Wildman–Crippen LogP) is 4.33. The molecular weight excluding hydrogens is 289 g/mol. The Labute approximate surface area is 109 Å². The largest absolute Gasteiger partial charge is 0.326 e. The van der Waals surface area contributed by atoms with E-state index in [4.69, 9.17) is 5.73 Å². The van der Waals surface area contributed by atoms with Crippen LogP contribution in [-0.2, 0) is 6.54 Å². The van der Waals surface area contributed by atoms with Gasteiger partial charge >= 0.3 is 0 Å². The molecule has 1 nitrogen and oxygen atoms in total. The van der Waals surface area contributed by atoms with E-state index in [1.165, 1.54) is 12.8 Å². The number of halogens is 2. The summed E-state index contributed by atoms with van der Waals surface area (Å²) in [6.45, 7) is 2.52. The Balaban J connectivity index is 2.64. The van der Waals surface area contributed by atoms with Gasteiger partial charge in [-0.1, -0.05) is 25.8 Å². The van der Waals surface area contributed by atoms with Crippen LogP contribution < -0.4 is 5.73 Å². The van der Waals surface area contributed by atoms with E-state index < -0.39 is 0 Å². The zero-order valence-electron chi connectivity index (χ0n) is 9.43. The second-order valence-corrected chi connectivity index (χ2v) is 5.54. The van der Waals surface area contributed by atoms with Crippen molar-refractivity contribution in [2.45, 2.75) is 37.6 Å². The minimum Gasteiger partial charge on any atom is -0.326 e. The molecule has 0 amide bonds. The maximum Gasteiger partial charge on any atom is 0.151 e. The fraction of sp³-hybridized carbons (Fsp3) is 0.500. The molecule has 16 heavy (non-hydrogen) atoms. The highest BCUT2D eigenvalue weighted by Gasteiger charge is 2.10. The van der Waals surface area contributed by atoms with E-state index in [1.807, 2.05) is 12.1 Å². The molecular formula is C12H17BrFNS. The van der Waals surface area contributed by atoms with E-state index in [0.717, 1.165) is 17.7 Å². The van der Waals surface area contributed by atoms with Gasteiger partial charge in [0.2, 0.25) is 0 Å². The molecule has 0 heterocycles. The molecule has 0 aliphatic rings. The summed E-state index contributed by atoms with van der Waals surface area (Å²) in [7, 11) is 0. The second-order valence-electron chi connectivity index (χ2n) is 3.61. The Kier molecular flexibility index (Phi) is 6.39. The molecule has 4 heteroatoms. The van der Waals surface area contributed by atoms with Crippen LogP contribution in [0.15, 0.2) is 21.5 Å². The maximum absolute atomic E-state index is 13.8. The smallest absolute Gasteiger partial charge is 0.151 e. The van der Waals surface area contributed by atoms with Gasteiger partial charge in [0, 0.05) is 11.4 Å². The first-order valence-corrected chi connectivity index (χ1v) is 7.28. The van der Waals surface area contributed by atoms with Crippen molar-refractivity contribution in [3.8, 4) is 0 Å². The molecule has 0 saturated carbocycles. The fourth-order valence-corrected chi connectivity index (χ4v) is 2.98. The Morgan fingerprint density at radius 1 is 1.38 bits per heavy atom. The summed E-state index contributed by atoms with van der Waals surface area (Å²) in [4.78, 5) is 0.708. The Hall–Kier alpha value is -0.0600. The summed E-state index contributed by atoms with van der Waals surface area (Å²) in [5.74, 6) is 0.795. The number of unbranched alkanes of at least 4 members (excludes halogenated alkanes) is 2. The first-order chi connectivity index (χ1) is 7.70. The van der Waals surface area contributed by atoms with Gasteiger partial charge in [-0.15, -0.1) is 11.8 Å². The van der Waals surface area contributed by atoms with Crippen LogP contribution in [0.2, 0.25) is 0 Å². The molecule has 0 aromatic heterocycles. The van der Waals surface area contributed by atoms with Crippen LogP contribution in [0.5, 0.6) is 0 Å². The van der Waals surface area contributed by atoms with Gasteiger partial charge in [-0.25, -0.2) is 4.39 Å². The van der Waals surface area contributed by atoms with Crippen molar-refractivity contribution in [1.29, 1.82) is 0 Å². The standard InChI is InChI=1S/C12H17BrFNS/c1-2-3-4-7-16-10-6-5-9(8-15)11(13)12(10)14/h5-6H,2-4,7-8,15H2,1H3. The summed E-state index contributed by atoms with van der Waals surface area (Å²) in [6, 6.07) is 3.70. The maximum atomic E-state index is 13.8. The van der Waals surface area contributed by atoms with Crippen molar-refractivity contribution in [3.63, 3.8) is 0 Å². The van der Waals surface area contributed by atoms with Crippen molar-refractivity contribution in [1.82, 2.24) is 0 Å². The fourth-order valence-electron chi connectivity index (χ4n) is 1.38. The van der Waals surface area contributed by atoms with Crippen LogP contribution in [-0.4, -0.2) is 5.75 Å². The molecule has 0 aliphatic heterocycles. The molecule has 90 valence electrons. The number of rotatable bonds is 6. The topological polar surface area (TPSA) is 26.0 Å². The summed E-state index contributed by atoms with van der Waals surface area (Å²) in [5.41, 5.74) is 6.32. The molecule has 1 aromatic carbocycles. The van der Waals surface area contributed by atoms with Crippen molar-refractivity contribution in [2.75, 3.05) is 5.75 Å². The molecule has 0 spiro atoms. The average molecular weight is 306 g/mol. The van der Waals surface area contributed by atoms with E-state index >= 15 is 0 Å². The van der Waals surface area contributed by atoms with E-state index in [1.54, 1.807) is 11.8 Å². The molecule has 0 radical (unpaired) electrons. The molecule has 0 atom stereocenters. The van der Waals surface area contributed by atoms with Crippen LogP contribution in [0.25, 0.3) is 0 Å². The highest BCUT2D eigenvalue weighted by molar-refractivity contribution is 9.10. The average Bonchev–Trinajstić information content (AvgIpc) is 2.30. The van der Waals surface area contributed by atoms with E-state index in [-0.39, 0.29) is 5.82 Å². The van der Waals surface area contributed by atoms with Gasteiger partial charge in [-0.05, 0) is 39.7 Å². The molecule has 1 aromatic rings. The Morgan fingerprint density at radius 3 is 2.75 bits per heavy atom. The lowest BCUT2D eigenvalue weighted by Crippen LogP contribution is -1.99. The quantitative estimate of drug-likeness (QED) is 0.625. The summed E-state index contributed by atoms with van der Waals surface area (Å²) in [5, 5.41) is 0. The third-order valence-corrected chi connectivity index (χ3v) is 4.33. The van der Waals surface area contributed by atoms with Crippen LogP contribution >= 0.6 is 27.7 Å². The Morgan fingerprint density at radius 2 is 2.12 bits per heavy atom. The molecule has 0 unspecified atom stereocenters. The highest BCUT2D eigenvalue weighted by atomic mass is 79.9. The van der Waals surface area contributed by atoms with Gasteiger partial charge in [0.25, 0.3) is 0 Å². The summed E-state index contributed by atoms with van der Waals surface area (Å²) < 4.78 is 14.3. The van der Waals surface area contributed by atoms with Crippen LogP contribution in [0.4, 0.5) is 4.39 Å². The van der Waals surface area contributed by atoms with Gasteiger partial charge in [-0.3, -0.25) is 0 Å². The number of thioether (sulfide) groups is 1. The van der Waals surface area contributed by atoms with Crippen molar-refractivity contribution in [2.24, 2.45) is 5.73 Å². The molecule has 0 bridgehead atoms. The monoisotopic (exact) mass is 305 g/mol. The van der Waals surface area contributed by atoms with Crippen LogP contribution in [0, 0.1) is 5.82 Å². The third kappa shape index (κ3) is 3.75. The minimum absolute atomic E-state index is 0.176. The van der Waals surface area contributed by atoms with E-state index in [0.29, 0.717) is 15.9 Å². The third-order valence-electron chi connectivity index (χ3n) is 2.35. The second kappa shape index (κ2) is 7.30. The van der Waals surface area contributed by atoms with Gasteiger partial charge in [0.1, 0.15) is 0 Å². The lowest BCUT2D eigenvalue weighted by Gasteiger charge is -2.07. The highest BCUT2D eigenvalue weighted by Crippen LogP contribution is 2.30. The van der Waals surface area contributed by atoms with Gasteiger partial charge in [0.15, 0.2) is 5.82 Å². The SMILES string of the molecule is CCCCCSc1ccc(CN)c(Br)c1F. The van der Waals surface area contributed by atoms with E-state index in [2.05, 4.69) is 22.9 Å². The molecule has 0 saturated heterocycles. The summed E-state index contributed by atoms with van der Waals surface area (Å²) in [6.07, 6.45) is 3.53. The molecule has 0 aliphatic carbocycles. The van der Waals surface area contributed by atoms with Gasteiger partial charge in [0.05, 0.1) is 4.47 Å². The Bertz CT molecular complexity index is 344. The van der Waals surface area contributed by atoms with Crippen molar-refractivity contribution in [3.05, 3.63) is 28.0 Å². The lowest BCUT2D eigenvalue weighted by molar-refractivity contribution is 0.592. The van der Waals surface area contributed by atoms with Gasteiger partial charge < -0.3 is 5.73 Å². The number of hydrogen-bond acceptors (Lipinski definition) is 2. The number of hydrogen-bond donors (Lipinski definition) is 1. The van der Waals surface area contributed by atoms with Crippen LogP contribution in [0.3, 0.4) is 0 Å². The summed E-state index contributed by atoms with van der Waals surface area (Å²) >= 11 is 4.82. The molecule has 1 rings (SSSR count). The first-order valence-electron chi connectivity index (χ1n) is 5.50. The first kappa shape index (κ1) is 14.0. The zero-order chi connectivity index (χ0) is 12.0.